The summed E-state index contributed by atoms with van der Waals surface area (Å²) >= 11 is 0. The van der Waals surface area contributed by atoms with Crippen molar-refractivity contribution in [3.05, 3.63) is 18.5 Å². The van der Waals surface area contributed by atoms with E-state index in [4.69, 9.17) is 0 Å². The lowest BCUT2D eigenvalue weighted by atomic mass is 10.5. The van der Waals surface area contributed by atoms with E-state index in [-0.39, 0.29) is 0 Å². The quantitative estimate of drug-likeness (QED) is 0.740. The molecule has 0 saturated carbocycles. The summed E-state index contributed by atoms with van der Waals surface area (Å²) in [7, 11) is 0. The Morgan fingerprint density at radius 3 is 2.50 bits per heavy atom. The second kappa shape index (κ2) is 6.05. The Bertz CT molecular complexity index is 346. The highest BCUT2D eigenvalue weighted by Crippen LogP contribution is 2.09. The summed E-state index contributed by atoms with van der Waals surface area (Å²) in [6.45, 7) is 12.1. The average Bonchev–Trinajstić information content (AvgIpc) is 2.27. The van der Waals surface area contributed by atoms with Crippen LogP contribution in [0.15, 0.2) is 12.7 Å². The average molecular weight is 221 g/mol. The van der Waals surface area contributed by atoms with Gasteiger partial charge in [-0.1, -0.05) is 6.08 Å². The van der Waals surface area contributed by atoms with Crippen LogP contribution in [0, 0.1) is 6.92 Å². The second-order valence-corrected chi connectivity index (χ2v) is 3.35. The third-order valence-electron chi connectivity index (χ3n) is 2.19. The van der Waals surface area contributed by atoms with Gasteiger partial charge >= 0.3 is 0 Å². The Balaban J connectivity index is 2.92. The molecule has 5 heteroatoms. The molecule has 0 fully saturated rings. The predicted octanol–water partition coefficient (Wildman–Crippen LogP) is 1.62. The van der Waals surface area contributed by atoms with Crippen molar-refractivity contribution in [1.29, 1.82) is 0 Å². The zero-order chi connectivity index (χ0) is 12.0. The van der Waals surface area contributed by atoms with Crippen molar-refractivity contribution < 1.29 is 0 Å². The topological polar surface area (TPSA) is 53.9 Å². The number of nitrogens with one attached hydrogen (secondary N) is 1. The highest BCUT2D eigenvalue weighted by molar-refractivity contribution is 5.37. The normalized spacial score (nSPS) is 9.94. The number of nitrogens with zero attached hydrogens (tertiary/aromatic N) is 4. The fourth-order valence-corrected chi connectivity index (χ4v) is 1.36. The molecule has 0 radical (unpaired) electrons. The molecule has 0 atom stereocenters. The molecule has 0 aliphatic carbocycles. The first kappa shape index (κ1) is 12.4. The van der Waals surface area contributed by atoms with Gasteiger partial charge in [0.25, 0.3) is 0 Å². The Morgan fingerprint density at radius 1 is 1.25 bits per heavy atom. The molecule has 0 aromatic carbocycles. The Labute approximate surface area is 96.6 Å². The Hall–Kier alpha value is -1.65. The minimum Gasteiger partial charge on any atom is -0.351 e. The minimum atomic E-state index is 0.606. The molecule has 1 rings (SSSR count). The van der Waals surface area contributed by atoms with E-state index in [1.165, 1.54) is 0 Å². The van der Waals surface area contributed by atoms with Crippen molar-refractivity contribution in [2.75, 3.05) is 29.9 Å². The summed E-state index contributed by atoms with van der Waals surface area (Å²) in [5.74, 6) is 2.06. The maximum atomic E-state index is 4.36. The molecule has 0 spiro atoms. The second-order valence-electron chi connectivity index (χ2n) is 3.35. The lowest BCUT2D eigenvalue weighted by Gasteiger charge is -2.19. The first-order valence-corrected chi connectivity index (χ1v) is 5.53. The van der Waals surface area contributed by atoms with Gasteiger partial charge in [-0.05, 0) is 20.8 Å². The lowest BCUT2D eigenvalue weighted by Crippen LogP contribution is -2.25. The summed E-state index contributed by atoms with van der Waals surface area (Å²) in [6, 6.07) is 0. The van der Waals surface area contributed by atoms with Crippen molar-refractivity contribution in [2.24, 2.45) is 0 Å². The van der Waals surface area contributed by atoms with E-state index in [0.29, 0.717) is 12.5 Å². The van der Waals surface area contributed by atoms with Gasteiger partial charge in [0.1, 0.15) is 5.82 Å². The highest BCUT2D eigenvalue weighted by atomic mass is 15.3. The van der Waals surface area contributed by atoms with Crippen molar-refractivity contribution in [1.82, 2.24) is 15.0 Å². The fourth-order valence-electron chi connectivity index (χ4n) is 1.36. The van der Waals surface area contributed by atoms with Crippen LogP contribution in [0.4, 0.5) is 11.9 Å². The van der Waals surface area contributed by atoms with Gasteiger partial charge in [0.2, 0.25) is 11.9 Å². The number of rotatable bonds is 6. The Morgan fingerprint density at radius 2 is 1.94 bits per heavy atom. The molecule has 16 heavy (non-hydrogen) atoms. The standard InChI is InChI=1S/C11H19N5/c1-5-8-12-10-13-9(4)14-11(15-10)16(6-2)7-3/h5H,1,6-8H2,2-4H3,(H,12,13,14,15). The molecule has 1 N–H and O–H groups in total. The van der Waals surface area contributed by atoms with Crippen LogP contribution in [-0.2, 0) is 0 Å². The van der Waals surface area contributed by atoms with Gasteiger partial charge in [-0.2, -0.15) is 15.0 Å². The van der Waals surface area contributed by atoms with Gasteiger partial charge in [-0.3, -0.25) is 0 Å². The van der Waals surface area contributed by atoms with Gasteiger partial charge in [0.05, 0.1) is 0 Å². The van der Waals surface area contributed by atoms with Gasteiger partial charge in [-0.15, -0.1) is 6.58 Å². The SMILES string of the molecule is C=CCNc1nc(C)nc(N(CC)CC)n1. The lowest BCUT2D eigenvalue weighted by molar-refractivity contribution is 0.802. The van der Waals surface area contributed by atoms with E-state index >= 15 is 0 Å². The predicted molar refractivity (Wildman–Crippen MR) is 66.8 cm³/mol. The summed E-state index contributed by atoms with van der Waals surface area (Å²) < 4.78 is 0. The first-order valence-electron chi connectivity index (χ1n) is 5.53. The molecular weight excluding hydrogens is 202 g/mol. The monoisotopic (exact) mass is 221 g/mol. The van der Waals surface area contributed by atoms with Gasteiger partial charge in [0.15, 0.2) is 0 Å². The van der Waals surface area contributed by atoms with Crippen molar-refractivity contribution in [3.63, 3.8) is 0 Å². The zero-order valence-corrected chi connectivity index (χ0v) is 10.2. The zero-order valence-electron chi connectivity index (χ0n) is 10.2. The molecule has 0 aliphatic heterocycles. The van der Waals surface area contributed by atoms with Gasteiger partial charge < -0.3 is 10.2 Å². The minimum absolute atomic E-state index is 0.606. The van der Waals surface area contributed by atoms with E-state index < -0.39 is 0 Å². The maximum absolute atomic E-state index is 4.36. The maximum Gasteiger partial charge on any atom is 0.230 e. The van der Waals surface area contributed by atoms with Crippen molar-refractivity contribution in [2.45, 2.75) is 20.8 Å². The largest absolute Gasteiger partial charge is 0.351 e. The van der Waals surface area contributed by atoms with Gasteiger partial charge in [0, 0.05) is 19.6 Å². The van der Waals surface area contributed by atoms with Crippen LogP contribution in [0.5, 0.6) is 0 Å². The molecule has 1 aromatic rings. The van der Waals surface area contributed by atoms with Crippen LogP contribution in [-0.4, -0.2) is 34.6 Å². The molecule has 5 nitrogen and oxygen atoms in total. The van der Waals surface area contributed by atoms with Crippen LogP contribution >= 0.6 is 0 Å². The van der Waals surface area contributed by atoms with E-state index in [9.17, 15) is 0 Å². The van der Waals surface area contributed by atoms with E-state index in [2.05, 4.69) is 45.6 Å². The summed E-state index contributed by atoms with van der Waals surface area (Å²) in [5.41, 5.74) is 0. The summed E-state index contributed by atoms with van der Waals surface area (Å²) in [6.07, 6.45) is 1.77. The van der Waals surface area contributed by atoms with Crippen LogP contribution in [0.3, 0.4) is 0 Å². The third kappa shape index (κ3) is 3.18. The van der Waals surface area contributed by atoms with Crippen molar-refractivity contribution in [3.8, 4) is 0 Å². The number of hydrogen-bond donors (Lipinski definition) is 1. The molecule has 0 aliphatic rings. The van der Waals surface area contributed by atoms with Crippen LogP contribution in [0.2, 0.25) is 0 Å². The van der Waals surface area contributed by atoms with Crippen molar-refractivity contribution >= 4 is 11.9 Å². The molecule has 1 aromatic heterocycles. The van der Waals surface area contributed by atoms with E-state index in [1.807, 2.05) is 6.92 Å². The van der Waals surface area contributed by atoms with Crippen LogP contribution in [0.1, 0.15) is 19.7 Å². The smallest absolute Gasteiger partial charge is 0.230 e. The Kier molecular flexibility index (Phi) is 4.69. The number of anilines is 2. The fraction of sp³-hybridized carbons (Fsp3) is 0.545. The third-order valence-corrected chi connectivity index (χ3v) is 2.19. The molecule has 0 unspecified atom stereocenters. The van der Waals surface area contributed by atoms with Crippen LogP contribution < -0.4 is 10.2 Å². The van der Waals surface area contributed by atoms with E-state index in [0.717, 1.165) is 24.9 Å². The molecule has 0 bridgehead atoms. The number of aromatic nitrogens is 3. The molecular formula is C11H19N5. The molecule has 88 valence electrons. The molecule has 1 heterocycles. The summed E-state index contributed by atoms with van der Waals surface area (Å²) in [5, 5.41) is 3.07. The first-order chi connectivity index (χ1) is 7.71. The number of hydrogen-bond acceptors (Lipinski definition) is 5. The van der Waals surface area contributed by atoms with Gasteiger partial charge in [-0.25, -0.2) is 0 Å². The molecule has 0 amide bonds. The summed E-state index contributed by atoms with van der Waals surface area (Å²) in [4.78, 5) is 15.0. The van der Waals surface area contributed by atoms with E-state index in [1.54, 1.807) is 6.08 Å². The highest BCUT2D eigenvalue weighted by Gasteiger charge is 2.08. The number of aryl methyl sites for hydroxylation is 1. The molecule has 0 saturated heterocycles. The van der Waals surface area contributed by atoms with Crippen LogP contribution in [0.25, 0.3) is 0 Å².